The fourth-order valence-electron chi connectivity index (χ4n) is 2.53. The van der Waals surface area contributed by atoms with Gasteiger partial charge in [0.15, 0.2) is 0 Å². The molecule has 0 spiro atoms. The van der Waals surface area contributed by atoms with Gasteiger partial charge in [-0.1, -0.05) is 6.42 Å². The van der Waals surface area contributed by atoms with Crippen LogP contribution in [0.15, 0.2) is 0 Å². The largest absolute Gasteiger partial charge is 0.481 e. The van der Waals surface area contributed by atoms with Crippen molar-refractivity contribution >= 4 is 11.9 Å². The monoisotopic (exact) mass is 240 g/mol. The molecule has 0 atom stereocenters. The highest BCUT2D eigenvalue weighted by molar-refractivity contribution is 5.80. The number of aliphatic carboxylic acids is 1. The lowest BCUT2D eigenvalue weighted by molar-refractivity contribution is -0.154. The van der Waals surface area contributed by atoms with E-state index in [0.717, 1.165) is 25.7 Å². The number of amides is 1. The van der Waals surface area contributed by atoms with Gasteiger partial charge in [-0.15, -0.1) is 0 Å². The zero-order chi connectivity index (χ0) is 12.5. The predicted octanol–water partition coefficient (Wildman–Crippen LogP) is 0.629. The van der Waals surface area contributed by atoms with Crippen molar-refractivity contribution in [2.24, 2.45) is 11.1 Å². The van der Waals surface area contributed by atoms with Crippen LogP contribution in [0, 0.1) is 5.41 Å². The molecule has 2 aliphatic carbocycles. The van der Waals surface area contributed by atoms with Gasteiger partial charge in [-0.05, 0) is 32.1 Å². The lowest BCUT2D eigenvalue weighted by atomic mass is 9.68. The van der Waals surface area contributed by atoms with Gasteiger partial charge in [0.05, 0.1) is 5.41 Å². The number of nitrogens with one attached hydrogen (secondary N) is 1. The molecule has 96 valence electrons. The second-order valence-electron chi connectivity index (χ2n) is 5.61. The minimum atomic E-state index is -0.796. The zero-order valence-electron chi connectivity index (χ0n) is 10.00. The van der Waals surface area contributed by atoms with E-state index < -0.39 is 11.4 Å². The third-order valence-corrected chi connectivity index (χ3v) is 4.25. The maximum atomic E-state index is 11.7. The quantitative estimate of drug-likeness (QED) is 0.657. The number of carbonyl (C=O) groups excluding carboxylic acids is 1. The molecule has 0 aromatic heterocycles. The zero-order valence-corrected chi connectivity index (χ0v) is 10.00. The maximum absolute atomic E-state index is 11.7. The van der Waals surface area contributed by atoms with Crippen LogP contribution in [-0.2, 0) is 9.59 Å². The van der Waals surface area contributed by atoms with Gasteiger partial charge >= 0.3 is 5.97 Å². The van der Waals surface area contributed by atoms with Gasteiger partial charge in [-0.2, -0.15) is 0 Å². The second kappa shape index (κ2) is 4.29. The molecule has 2 rings (SSSR count). The SMILES string of the molecule is NC1(CC(=O)NCC2(C(=O)O)CCC2)CCC1. The molecular weight excluding hydrogens is 220 g/mol. The van der Waals surface area contributed by atoms with Crippen LogP contribution in [0.5, 0.6) is 0 Å². The maximum Gasteiger partial charge on any atom is 0.311 e. The van der Waals surface area contributed by atoms with E-state index in [1.165, 1.54) is 0 Å². The summed E-state index contributed by atoms with van der Waals surface area (Å²) in [5, 5.41) is 11.8. The fraction of sp³-hybridized carbons (Fsp3) is 0.833. The number of hydrogen-bond acceptors (Lipinski definition) is 3. The van der Waals surface area contributed by atoms with E-state index >= 15 is 0 Å². The lowest BCUT2D eigenvalue weighted by Gasteiger charge is -2.39. The van der Waals surface area contributed by atoms with E-state index in [1.807, 2.05) is 0 Å². The van der Waals surface area contributed by atoms with Crippen LogP contribution < -0.4 is 11.1 Å². The van der Waals surface area contributed by atoms with Gasteiger partial charge < -0.3 is 16.2 Å². The third kappa shape index (κ3) is 2.44. The molecule has 17 heavy (non-hydrogen) atoms. The average Bonchev–Trinajstić information content (AvgIpc) is 2.13. The summed E-state index contributed by atoms with van der Waals surface area (Å²) in [5.74, 6) is -0.908. The highest BCUT2D eigenvalue weighted by Gasteiger charge is 2.44. The molecule has 0 aliphatic heterocycles. The predicted molar refractivity (Wildman–Crippen MR) is 62.3 cm³/mol. The highest BCUT2D eigenvalue weighted by atomic mass is 16.4. The number of carbonyl (C=O) groups is 2. The van der Waals surface area contributed by atoms with Crippen LogP contribution in [0.2, 0.25) is 0 Å². The van der Waals surface area contributed by atoms with E-state index in [0.29, 0.717) is 19.3 Å². The van der Waals surface area contributed by atoms with Crippen LogP contribution in [0.3, 0.4) is 0 Å². The highest BCUT2D eigenvalue weighted by Crippen LogP contribution is 2.40. The molecule has 0 aromatic rings. The molecule has 0 aromatic carbocycles. The molecule has 5 nitrogen and oxygen atoms in total. The minimum Gasteiger partial charge on any atom is -0.481 e. The molecule has 4 N–H and O–H groups in total. The van der Waals surface area contributed by atoms with Crippen molar-refractivity contribution in [3.05, 3.63) is 0 Å². The third-order valence-electron chi connectivity index (χ3n) is 4.25. The first kappa shape index (κ1) is 12.4. The topological polar surface area (TPSA) is 92.4 Å². The molecular formula is C12H20N2O3. The van der Waals surface area contributed by atoms with Crippen molar-refractivity contribution in [3.63, 3.8) is 0 Å². The van der Waals surface area contributed by atoms with Crippen molar-refractivity contribution in [2.45, 2.75) is 50.5 Å². The van der Waals surface area contributed by atoms with E-state index in [4.69, 9.17) is 10.8 Å². The van der Waals surface area contributed by atoms with Gasteiger partial charge in [0.1, 0.15) is 0 Å². The Balaban J connectivity index is 1.77. The Bertz CT molecular complexity index is 333. The molecule has 0 bridgehead atoms. The van der Waals surface area contributed by atoms with E-state index in [1.54, 1.807) is 0 Å². The normalized spacial score (nSPS) is 24.3. The Morgan fingerprint density at radius 1 is 1.18 bits per heavy atom. The van der Waals surface area contributed by atoms with Crippen LogP contribution in [-0.4, -0.2) is 29.1 Å². The standard InChI is InChI=1S/C12H20N2O3/c13-12(5-2-6-12)7-9(15)14-8-11(10(16)17)3-1-4-11/h1-8,13H2,(H,14,15)(H,16,17). The summed E-state index contributed by atoms with van der Waals surface area (Å²) in [6.45, 7) is 0.247. The van der Waals surface area contributed by atoms with Gasteiger partial charge in [0.2, 0.25) is 5.91 Å². The Hall–Kier alpha value is -1.10. The molecule has 2 fully saturated rings. The fourth-order valence-corrected chi connectivity index (χ4v) is 2.53. The van der Waals surface area contributed by atoms with Crippen LogP contribution >= 0.6 is 0 Å². The number of carboxylic acid groups (broad SMARTS) is 1. The van der Waals surface area contributed by atoms with Crippen molar-refractivity contribution in [2.75, 3.05) is 6.54 Å². The van der Waals surface area contributed by atoms with Gasteiger partial charge in [-0.25, -0.2) is 0 Å². The smallest absolute Gasteiger partial charge is 0.311 e. The molecule has 2 saturated carbocycles. The molecule has 1 amide bonds. The van der Waals surface area contributed by atoms with E-state index in [-0.39, 0.29) is 18.0 Å². The van der Waals surface area contributed by atoms with E-state index in [2.05, 4.69) is 5.32 Å². The minimum absolute atomic E-state index is 0.111. The molecule has 0 saturated heterocycles. The van der Waals surface area contributed by atoms with Gasteiger partial charge in [-0.3, -0.25) is 9.59 Å². The van der Waals surface area contributed by atoms with Crippen molar-refractivity contribution in [1.82, 2.24) is 5.32 Å². The van der Waals surface area contributed by atoms with Crippen LogP contribution in [0.1, 0.15) is 44.9 Å². The van der Waals surface area contributed by atoms with Crippen LogP contribution in [0.25, 0.3) is 0 Å². The average molecular weight is 240 g/mol. The molecule has 0 heterocycles. The lowest BCUT2D eigenvalue weighted by Crippen LogP contribution is -2.52. The number of hydrogen-bond donors (Lipinski definition) is 3. The molecule has 0 radical (unpaired) electrons. The van der Waals surface area contributed by atoms with Crippen LogP contribution in [0.4, 0.5) is 0 Å². The second-order valence-corrected chi connectivity index (χ2v) is 5.61. The summed E-state index contributed by atoms with van der Waals surface area (Å²) in [7, 11) is 0. The number of nitrogens with two attached hydrogens (primary N) is 1. The Labute approximate surface area is 101 Å². The first-order chi connectivity index (χ1) is 7.96. The van der Waals surface area contributed by atoms with Gasteiger partial charge in [0, 0.05) is 18.5 Å². The summed E-state index contributed by atoms with van der Waals surface area (Å²) in [4.78, 5) is 22.8. The summed E-state index contributed by atoms with van der Waals surface area (Å²) >= 11 is 0. The summed E-state index contributed by atoms with van der Waals surface area (Å²) in [6.07, 6.45) is 5.45. The van der Waals surface area contributed by atoms with E-state index in [9.17, 15) is 9.59 Å². The first-order valence-electron chi connectivity index (χ1n) is 6.25. The number of carboxylic acids is 1. The van der Waals surface area contributed by atoms with Gasteiger partial charge in [0.25, 0.3) is 0 Å². The van der Waals surface area contributed by atoms with Crippen molar-refractivity contribution in [3.8, 4) is 0 Å². The van der Waals surface area contributed by atoms with Crippen molar-refractivity contribution in [1.29, 1.82) is 0 Å². The molecule has 0 unspecified atom stereocenters. The molecule has 2 aliphatic rings. The first-order valence-corrected chi connectivity index (χ1v) is 6.25. The Kier molecular flexibility index (Phi) is 3.12. The summed E-state index contributed by atoms with van der Waals surface area (Å²) in [6, 6.07) is 0. The Morgan fingerprint density at radius 3 is 2.12 bits per heavy atom. The number of rotatable bonds is 5. The van der Waals surface area contributed by atoms with Crippen molar-refractivity contribution < 1.29 is 14.7 Å². The molecule has 5 heteroatoms. The summed E-state index contributed by atoms with van der Waals surface area (Å²) in [5.41, 5.74) is 4.93. The Morgan fingerprint density at radius 2 is 1.76 bits per heavy atom. The summed E-state index contributed by atoms with van der Waals surface area (Å²) < 4.78 is 0.